The van der Waals surface area contributed by atoms with E-state index in [1.54, 1.807) is 27.7 Å². The lowest BCUT2D eigenvalue weighted by Crippen LogP contribution is -2.44. The van der Waals surface area contributed by atoms with Gasteiger partial charge in [-0.25, -0.2) is 0 Å². The summed E-state index contributed by atoms with van der Waals surface area (Å²) in [6.45, 7) is 10.5. The Labute approximate surface area is 90.5 Å². The minimum atomic E-state index is -1.30. The molecule has 0 aromatic heterocycles. The summed E-state index contributed by atoms with van der Waals surface area (Å²) in [6.07, 6.45) is 0. The van der Waals surface area contributed by atoms with E-state index in [0.717, 1.165) is 0 Å². The van der Waals surface area contributed by atoms with Crippen molar-refractivity contribution in [2.75, 3.05) is 0 Å². The predicted octanol–water partition coefficient (Wildman–Crippen LogP) is 1.12. The summed E-state index contributed by atoms with van der Waals surface area (Å²) < 4.78 is 0. The summed E-state index contributed by atoms with van der Waals surface area (Å²) in [5, 5.41) is 21.2. The van der Waals surface area contributed by atoms with Crippen molar-refractivity contribution in [3.63, 3.8) is 0 Å². The molecule has 0 aromatic carbocycles. The Morgan fingerprint density at radius 3 is 1.27 bits per heavy atom. The second-order valence-corrected chi connectivity index (χ2v) is 6.62. The molecular weight excluding hydrogens is 192 g/mol. The Morgan fingerprint density at radius 2 is 1.07 bits per heavy atom. The number of hydrogen-bond acceptors (Lipinski definition) is 3. The highest BCUT2D eigenvalue weighted by molar-refractivity contribution is 5.98. The van der Waals surface area contributed by atoms with Gasteiger partial charge in [-0.1, -0.05) is 13.8 Å². The zero-order valence-electron chi connectivity index (χ0n) is 10.3. The minimum Gasteiger partial charge on any atom is -0.385 e. The molecule has 3 heteroatoms. The fourth-order valence-corrected chi connectivity index (χ4v) is 4.41. The van der Waals surface area contributed by atoms with Gasteiger partial charge in [-0.2, -0.15) is 0 Å². The first kappa shape index (κ1) is 11.1. The van der Waals surface area contributed by atoms with Gasteiger partial charge in [-0.05, 0) is 27.7 Å². The second-order valence-electron chi connectivity index (χ2n) is 6.62. The van der Waals surface area contributed by atoms with E-state index in [4.69, 9.17) is 0 Å². The summed E-state index contributed by atoms with van der Waals surface area (Å²) in [5.41, 5.74) is -4.98. The van der Waals surface area contributed by atoms with E-state index in [2.05, 4.69) is 0 Å². The quantitative estimate of drug-likeness (QED) is 0.632. The number of rotatable bonds is 0. The van der Waals surface area contributed by atoms with Crippen LogP contribution in [0, 0.1) is 16.2 Å². The average molecular weight is 212 g/mol. The van der Waals surface area contributed by atoms with Crippen LogP contribution in [0.1, 0.15) is 41.5 Å². The first-order valence-corrected chi connectivity index (χ1v) is 5.40. The van der Waals surface area contributed by atoms with Crippen LogP contribution in [-0.2, 0) is 4.79 Å². The average Bonchev–Trinajstić information content (AvgIpc) is 2.43. The maximum absolute atomic E-state index is 12.2. The van der Waals surface area contributed by atoms with E-state index < -0.39 is 27.4 Å². The molecule has 2 rings (SSSR count). The number of ketones is 1. The Balaban J connectivity index is 2.72. The zero-order chi connectivity index (χ0) is 12.1. The third-order valence-corrected chi connectivity index (χ3v) is 5.21. The van der Waals surface area contributed by atoms with Gasteiger partial charge in [0.15, 0.2) is 0 Å². The second kappa shape index (κ2) is 2.03. The SMILES string of the molecule is CC1(C)C(=O)C(C)(C)C2(O)C(C)(C)C12O. The van der Waals surface area contributed by atoms with Gasteiger partial charge in [0, 0.05) is 5.41 Å². The van der Waals surface area contributed by atoms with Crippen molar-refractivity contribution in [1.82, 2.24) is 0 Å². The van der Waals surface area contributed by atoms with E-state index in [9.17, 15) is 15.0 Å². The lowest BCUT2D eigenvalue weighted by atomic mass is 9.70. The molecule has 0 spiro atoms. The molecule has 0 saturated heterocycles. The lowest BCUT2D eigenvalue weighted by molar-refractivity contribution is -0.141. The maximum Gasteiger partial charge on any atom is 0.150 e. The summed E-state index contributed by atoms with van der Waals surface area (Å²) in [4.78, 5) is 12.2. The maximum atomic E-state index is 12.2. The molecule has 2 aliphatic rings. The van der Waals surface area contributed by atoms with Gasteiger partial charge >= 0.3 is 0 Å². The van der Waals surface area contributed by atoms with E-state index in [1.165, 1.54) is 0 Å². The fourth-order valence-electron chi connectivity index (χ4n) is 4.41. The van der Waals surface area contributed by atoms with Crippen LogP contribution >= 0.6 is 0 Å². The first-order chi connectivity index (χ1) is 6.40. The van der Waals surface area contributed by atoms with Gasteiger partial charge in [0.2, 0.25) is 0 Å². The molecule has 15 heavy (non-hydrogen) atoms. The molecule has 2 unspecified atom stereocenters. The predicted molar refractivity (Wildman–Crippen MR) is 56.2 cm³/mol. The molecule has 3 nitrogen and oxygen atoms in total. The molecule has 0 bridgehead atoms. The smallest absolute Gasteiger partial charge is 0.150 e. The molecule has 2 atom stereocenters. The summed E-state index contributed by atoms with van der Waals surface area (Å²) in [7, 11) is 0. The number of aliphatic hydroxyl groups is 2. The molecule has 2 fully saturated rings. The highest BCUT2D eigenvalue weighted by Crippen LogP contribution is 2.82. The molecule has 0 aliphatic heterocycles. The van der Waals surface area contributed by atoms with Crippen LogP contribution in [0.2, 0.25) is 0 Å². The van der Waals surface area contributed by atoms with Crippen LogP contribution < -0.4 is 0 Å². The molecule has 2 saturated carbocycles. The van der Waals surface area contributed by atoms with Gasteiger partial charge in [-0.3, -0.25) is 4.79 Å². The Bertz CT molecular complexity index is 335. The number of carbonyl (C=O) groups excluding carboxylic acids is 1. The van der Waals surface area contributed by atoms with E-state index in [0.29, 0.717) is 0 Å². The zero-order valence-corrected chi connectivity index (χ0v) is 10.3. The fraction of sp³-hybridized carbons (Fsp3) is 0.917. The number of fused-ring (bicyclic) bond motifs is 1. The third kappa shape index (κ3) is 0.613. The summed E-state index contributed by atoms with van der Waals surface area (Å²) >= 11 is 0. The molecule has 0 amide bonds. The number of carbonyl (C=O) groups is 1. The Kier molecular flexibility index (Phi) is 1.50. The van der Waals surface area contributed by atoms with Crippen LogP contribution in [0.3, 0.4) is 0 Å². The molecule has 2 N–H and O–H groups in total. The number of hydrogen-bond donors (Lipinski definition) is 2. The molecule has 0 aromatic rings. The topological polar surface area (TPSA) is 57.5 Å². The Hall–Kier alpha value is -0.410. The number of Topliss-reactive ketones (excluding diaryl/α,β-unsaturated/α-hetero) is 1. The van der Waals surface area contributed by atoms with Crippen LogP contribution in [0.25, 0.3) is 0 Å². The van der Waals surface area contributed by atoms with Gasteiger partial charge in [0.05, 0.1) is 10.8 Å². The standard InChI is InChI=1S/C12H20O3/c1-8(2)7(13)9(3,4)12(15)10(5,6)11(8,12)14/h14-15H,1-6H3. The summed E-state index contributed by atoms with van der Waals surface area (Å²) in [5.74, 6) is -0.0562. The monoisotopic (exact) mass is 212 g/mol. The van der Waals surface area contributed by atoms with Crippen LogP contribution in [0.5, 0.6) is 0 Å². The largest absolute Gasteiger partial charge is 0.385 e. The van der Waals surface area contributed by atoms with Crippen molar-refractivity contribution >= 4 is 5.78 Å². The van der Waals surface area contributed by atoms with Crippen molar-refractivity contribution in [2.24, 2.45) is 16.2 Å². The van der Waals surface area contributed by atoms with Crippen molar-refractivity contribution in [3.8, 4) is 0 Å². The van der Waals surface area contributed by atoms with Gasteiger partial charge in [-0.15, -0.1) is 0 Å². The van der Waals surface area contributed by atoms with Crippen LogP contribution in [-0.4, -0.2) is 27.2 Å². The Morgan fingerprint density at radius 1 is 0.800 bits per heavy atom. The first-order valence-electron chi connectivity index (χ1n) is 5.40. The molecular formula is C12H20O3. The lowest BCUT2D eigenvalue weighted by Gasteiger charge is -2.34. The van der Waals surface area contributed by atoms with Crippen molar-refractivity contribution in [3.05, 3.63) is 0 Å². The van der Waals surface area contributed by atoms with E-state index >= 15 is 0 Å². The van der Waals surface area contributed by atoms with Gasteiger partial charge in [0.25, 0.3) is 0 Å². The molecule has 0 radical (unpaired) electrons. The van der Waals surface area contributed by atoms with Gasteiger partial charge < -0.3 is 10.2 Å². The minimum absolute atomic E-state index is 0.0562. The molecule has 86 valence electrons. The van der Waals surface area contributed by atoms with Crippen molar-refractivity contribution in [1.29, 1.82) is 0 Å². The highest BCUT2D eigenvalue weighted by Gasteiger charge is 2.97. The van der Waals surface area contributed by atoms with Gasteiger partial charge in [0.1, 0.15) is 17.0 Å². The summed E-state index contributed by atoms with van der Waals surface area (Å²) in [6, 6.07) is 0. The third-order valence-electron chi connectivity index (χ3n) is 5.21. The normalized spacial score (nSPS) is 48.9. The highest BCUT2D eigenvalue weighted by atomic mass is 16.4. The van der Waals surface area contributed by atoms with Crippen LogP contribution in [0.4, 0.5) is 0 Å². The van der Waals surface area contributed by atoms with E-state index in [1.807, 2.05) is 13.8 Å². The molecule has 2 aliphatic carbocycles. The van der Waals surface area contributed by atoms with Crippen LogP contribution in [0.15, 0.2) is 0 Å². The van der Waals surface area contributed by atoms with E-state index in [-0.39, 0.29) is 5.78 Å². The molecule has 0 heterocycles. The van der Waals surface area contributed by atoms with Crippen molar-refractivity contribution in [2.45, 2.75) is 52.7 Å². The van der Waals surface area contributed by atoms with Crippen molar-refractivity contribution < 1.29 is 15.0 Å².